The summed E-state index contributed by atoms with van der Waals surface area (Å²) in [4.78, 5) is 0. The predicted octanol–water partition coefficient (Wildman–Crippen LogP) is 5.15. The smallest absolute Gasteiger partial charge is 0.397 e. The summed E-state index contributed by atoms with van der Waals surface area (Å²) in [5.74, 6) is 0.536. The third-order valence-corrected chi connectivity index (χ3v) is 2.95. The minimum atomic E-state index is 0. The second-order valence-corrected chi connectivity index (χ2v) is 4.27. The molecule has 0 spiro atoms. The second kappa shape index (κ2) is 14.9. The zero-order valence-electron chi connectivity index (χ0n) is 13.4. The van der Waals surface area contributed by atoms with Crippen LogP contribution >= 0.6 is 24.8 Å². The van der Waals surface area contributed by atoms with E-state index >= 15 is 0 Å². The van der Waals surface area contributed by atoms with Crippen molar-refractivity contribution >= 4 is 30.4 Å². The maximum Gasteiger partial charge on any atom is 2.00 e. The zero-order chi connectivity index (χ0) is 12.8. The number of hydrogen-bond acceptors (Lipinski definition) is 1. The van der Waals surface area contributed by atoms with Crippen LogP contribution in [0.15, 0.2) is 41.5 Å². The number of halogens is 2. The first-order valence-electron chi connectivity index (χ1n) is 6.09. The van der Waals surface area contributed by atoms with Crippen LogP contribution in [0.25, 0.3) is 5.57 Å². The van der Waals surface area contributed by atoms with Crippen molar-refractivity contribution in [2.45, 2.75) is 27.7 Å². The van der Waals surface area contributed by atoms with E-state index in [1.54, 1.807) is 6.92 Å². The maximum atomic E-state index is 7.57. The van der Waals surface area contributed by atoms with Gasteiger partial charge in [-0.2, -0.15) is 0 Å². The summed E-state index contributed by atoms with van der Waals surface area (Å²) in [6, 6.07) is 11.5. The normalized spacial score (nSPS) is 15.1. The van der Waals surface area contributed by atoms with Gasteiger partial charge in [-0.1, -0.05) is 24.1 Å². The molecule has 1 nitrogen and oxygen atoms in total. The molecule has 118 valence electrons. The fourth-order valence-corrected chi connectivity index (χ4v) is 2.15. The van der Waals surface area contributed by atoms with Crippen LogP contribution < -0.4 is 0 Å². The van der Waals surface area contributed by atoms with Crippen LogP contribution in [0.5, 0.6) is 0 Å². The molecule has 2 rings (SSSR count). The van der Waals surface area contributed by atoms with E-state index < -0.39 is 0 Å². The molecule has 21 heavy (non-hydrogen) atoms. The quantitative estimate of drug-likeness (QED) is 0.539. The third-order valence-electron chi connectivity index (χ3n) is 2.95. The summed E-state index contributed by atoms with van der Waals surface area (Å²) in [5.41, 5.74) is 5.50. The molecule has 0 heterocycles. The fourth-order valence-electron chi connectivity index (χ4n) is 2.15. The van der Waals surface area contributed by atoms with E-state index in [1.165, 1.54) is 22.3 Å². The first-order valence-corrected chi connectivity index (χ1v) is 6.09. The average Bonchev–Trinajstić information content (AvgIpc) is 2.55. The van der Waals surface area contributed by atoms with Gasteiger partial charge in [-0.15, -0.1) is 66.3 Å². The molecule has 1 aromatic rings. The van der Waals surface area contributed by atoms with Crippen LogP contribution in [0.1, 0.15) is 33.3 Å². The topological polar surface area (TPSA) is 20.2 Å². The Labute approximate surface area is 157 Å². The monoisotopic (exact) mass is 364 g/mol. The van der Waals surface area contributed by atoms with Gasteiger partial charge in [0.15, 0.2) is 0 Å². The Hall–Kier alpha value is -0.0457. The van der Waals surface area contributed by atoms with Gasteiger partial charge in [-0.05, 0) is 26.7 Å². The van der Waals surface area contributed by atoms with Gasteiger partial charge in [0.2, 0.25) is 0 Å². The number of allylic oxidation sites excluding steroid dienone is 4. The second-order valence-electron chi connectivity index (χ2n) is 4.27. The standard InChI is InChI=1S/C14H15.C2H6O.CH3.2ClH.Ti/c1-10-9-11(2)14(12(10)3)13-7-5-4-6-8-13;1-2-3;;;;/h4-7,9,11H,1-3H3;3H,2H2,1H3;1H3;2*1H;/q-1;;-1;;;+2. The molecule has 4 heteroatoms. The van der Waals surface area contributed by atoms with Crippen molar-refractivity contribution in [2.75, 3.05) is 6.61 Å². The van der Waals surface area contributed by atoms with Crippen LogP contribution in [0.4, 0.5) is 0 Å². The largest absolute Gasteiger partial charge is 2.00 e. The van der Waals surface area contributed by atoms with E-state index in [9.17, 15) is 0 Å². The van der Waals surface area contributed by atoms with Crippen molar-refractivity contribution in [3.05, 3.63) is 60.5 Å². The van der Waals surface area contributed by atoms with Gasteiger partial charge in [0.25, 0.3) is 0 Å². The molecule has 0 fully saturated rings. The summed E-state index contributed by atoms with van der Waals surface area (Å²) < 4.78 is 0. The number of aliphatic hydroxyl groups is 1. The molecule has 0 saturated heterocycles. The molecule has 0 amide bonds. The van der Waals surface area contributed by atoms with Crippen molar-refractivity contribution in [2.24, 2.45) is 5.92 Å². The summed E-state index contributed by atoms with van der Waals surface area (Å²) in [6.07, 6.45) is 2.32. The first kappa shape index (κ1) is 29.0. The molecule has 0 aromatic heterocycles. The van der Waals surface area contributed by atoms with Crippen molar-refractivity contribution in [3.63, 3.8) is 0 Å². The third kappa shape index (κ3) is 8.23. The van der Waals surface area contributed by atoms with E-state index in [-0.39, 0.29) is 60.6 Å². The molecule has 0 aliphatic heterocycles. The molecule has 0 bridgehead atoms. The molecule has 1 atom stereocenters. The minimum Gasteiger partial charge on any atom is -0.397 e. The Morgan fingerprint density at radius 3 is 2.05 bits per heavy atom. The van der Waals surface area contributed by atoms with E-state index in [0.717, 1.165) is 0 Å². The van der Waals surface area contributed by atoms with Gasteiger partial charge in [0.1, 0.15) is 0 Å². The number of benzene rings is 1. The molecule has 1 aliphatic carbocycles. The molecular weight excluding hydrogens is 339 g/mol. The first-order chi connectivity index (χ1) is 8.11. The molecule has 1 aromatic carbocycles. The van der Waals surface area contributed by atoms with E-state index in [2.05, 4.69) is 45.0 Å². The Bertz CT molecular complexity index is 428. The molecule has 0 radical (unpaired) electrons. The summed E-state index contributed by atoms with van der Waals surface area (Å²) in [6.45, 7) is 8.56. The van der Waals surface area contributed by atoms with Crippen molar-refractivity contribution in [3.8, 4) is 0 Å². The zero-order valence-corrected chi connectivity index (χ0v) is 16.6. The molecule has 1 unspecified atom stereocenters. The fraction of sp³-hybridized carbons (Fsp3) is 0.353. The molecule has 1 N–H and O–H groups in total. The van der Waals surface area contributed by atoms with E-state index in [1.807, 2.05) is 12.1 Å². The summed E-state index contributed by atoms with van der Waals surface area (Å²) >= 11 is 0. The van der Waals surface area contributed by atoms with Crippen molar-refractivity contribution in [1.29, 1.82) is 0 Å². The summed E-state index contributed by atoms with van der Waals surface area (Å²) in [5, 5.41) is 7.57. The molecule has 0 saturated carbocycles. The Balaban J connectivity index is -0.000000192. The predicted molar refractivity (Wildman–Crippen MR) is 94.5 cm³/mol. The Kier molecular flexibility index (Phi) is 20.6. The van der Waals surface area contributed by atoms with E-state index in [0.29, 0.717) is 5.92 Å². The summed E-state index contributed by atoms with van der Waals surface area (Å²) in [7, 11) is 0. The number of rotatable bonds is 1. The molecular formula is C17H26Cl2OTi. The minimum absolute atomic E-state index is 0. The number of aliphatic hydroxyl groups excluding tert-OH is 1. The van der Waals surface area contributed by atoms with Gasteiger partial charge in [0.05, 0.1) is 0 Å². The van der Waals surface area contributed by atoms with Crippen LogP contribution in [-0.4, -0.2) is 11.7 Å². The Morgan fingerprint density at radius 1 is 1.19 bits per heavy atom. The van der Waals surface area contributed by atoms with Gasteiger partial charge in [-0.3, -0.25) is 0 Å². The Morgan fingerprint density at radius 2 is 1.71 bits per heavy atom. The van der Waals surface area contributed by atoms with Gasteiger partial charge in [0, 0.05) is 6.61 Å². The van der Waals surface area contributed by atoms with Crippen LogP contribution in [0, 0.1) is 19.4 Å². The SMILES string of the molecule is CC1=CC(C)C(c2[c-]cccc2)=C1C.CCO.Cl.Cl.[CH3-].[Ti+2]. The van der Waals surface area contributed by atoms with Gasteiger partial charge >= 0.3 is 21.7 Å². The molecule has 1 aliphatic rings. The van der Waals surface area contributed by atoms with Gasteiger partial charge < -0.3 is 12.5 Å². The van der Waals surface area contributed by atoms with Crippen LogP contribution in [-0.2, 0) is 21.7 Å². The van der Waals surface area contributed by atoms with Crippen molar-refractivity contribution < 1.29 is 26.8 Å². The number of hydrogen-bond donors (Lipinski definition) is 1. The van der Waals surface area contributed by atoms with Gasteiger partial charge in [-0.25, -0.2) is 0 Å². The van der Waals surface area contributed by atoms with Crippen LogP contribution in [0.2, 0.25) is 0 Å². The van der Waals surface area contributed by atoms with Crippen LogP contribution in [0.3, 0.4) is 0 Å². The maximum absolute atomic E-state index is 7.57. The average molecular weight is 365 g/mol. The van der Waals surface area contributed by atoms with E-state index in [4.69, 9.17) is 5.11 Å². The van der Waals surface area contributed by atoms with Crippen molar-refractivity contribution in [1.82, 2.24) is 0 Å².